The van der Waals surface area contributed by atoms with Crippen LogP contribution in [0.1, 0.15) is 73.9 Å². The van der Waals surface area contributed by atoms with E-state index in [0.717, 1.165) is 61.3 Å². The van der Waals surface area contributed by atoms with Crippen LogP contribution in [-0.4, -0.2) is 34.7 Å². The molecule has 6 rings (SSSR count). The molecule has 0 radical (unpaired) electrons. The SMILES string of the molecule is Cc1ccc(-n2nc(C(C)(C)C)cc2NC(=O)Nc2ccccc2C(C(=O)CC2Cc3ccccc3C2)C2CCNCC2)cc1. The lowest BCUT2D eigenvalue weighted by Crippen LogP contribution is -2.34. The van der Waals surface area contributed by atoms with Gasteiger partial charge >= 0.3 is 6.03 Å². The smallest absolute Gasteiger partial charge is 0.317 e. The molecule has 0 spiro atoms. The van der Waals surface area contributed by atoms with Crippen molar-refractivity contribution in [2.75, 3.05) is 23.7 Å². The fourth-order valence-electron chi connectivity index (χ4n) is 6.94. The number of aryl methyl sites for hydroxylation is 1. The van der Waals surface area contributed by atoms with Crippen LogP contribution in [0.25, 0.3) is 5.69 Å². The Balaban J connectivity index is 1.25. The van der Waals surface area contributed by atoms with Gasteiger partial charge in [0, 0.05) is 29.5 Å². The second-order valence-electron chi connectivity index (χ2n) is 13.9. The molecule has 45 heavy (non-hydrogen) atoms. The molecule has 2 amide bonds. The average Bonchev–Trinajstić information content (AvgIpc) is 3.63. The highest BCUT2D eigenvalue weighted by molar-refractivity contribution is 6.01. The maximum absolute atomic E-state index is 14.2. The van der Waals surface area contributed by atoms with Gasteiger partial charge in [0.05, 0.1) is 11.4 Å². The molecular formula is C38H45N5O2. The van der Waals surface area contributed by atoms with Gasteiger partial charge in [-0.25, -0.2) is 9.48 Å². The molecule has 0 saturated carbocycles. The molecule has 2 aliphatic rings. The van der Waals surface area contributed by atoms with Gasteiger partial charge in [0.1, 0.15) is 11.6 Å². The van der Waals surface area contributed by atoms with Gasteiger partial charge in [-0.2, -0.15) is 5.10 Å². The second kappa shape index (κ2) is 13.0. The van der Waals surface area contributed by atoms with Crippen molar-refractivity contribution in [3.05, 3.63) is 107 Å². The van der Waals surface area contributed by atoms with E-state index in [-0.39, 0.29) is 29.1 Å². The summed E-state index contributed by atoms with van der Waals surface area (Å²) >= 11 is 0. The van der Waals surface area contributed by atoms with E-state index in [9.17, 15) is 9.59 Å². The van der Waals surface area contributed by atoms with Crippen molar-refractivity contribution >= 4 is 23.3 Å². The van der Waals surface area contributed by atoms with Crippen molar-refractivity contribution in [3.8, 4) is 5.69 Å². The lowest BCUT2D eigenvalue weighted by molar-refractivity contribution is -0.122. The number of fused-ring (bicyclic) bond motifs is 1. The van der Waals surface area contributed by atoms with Crippen molar-refractivity contribution in [2.45, 2.75) is 71.1 Å². The molecule has 4 aromatic rings. The van der Waals surface area contributed by atoms with E-state index in [2.05, 4.69) is 61.0 Å². The van der Waals surface area contributed by atoms with Crippen LogP contribution in [0, 0.1) is 18.8 Å². The largest absolute Gasteiger partial charge is 0.324 e. The van der Waals surface area contributed by atoms with Crippen LogP contribution in [0.5, 0.6) is 0 Å². The van der Waals surface area contributed by atoms with E-state index in [0.29, 0.717) is 23.8 Å². The van der Waals surface area contributed by atoms with E-state index in [1.807, 2.05) is 61.5 Å². The van der Waals surface area contributed by atoms with Crippen LogP contribution in [0.4, 0.5) is 16.3 Å². The number of benzene rings is 3. The van der Waals surface area contributed by atoms with Gasteiger partial charge in [-0.1, -0.05) is 80.9 Å². The van der Waals surface area contributed by atoms with Gasteiger partial charge in [0.2, 0.25) is 0 Å². The third-order valence-electron chi connectivity index (χ3n) is 9.37. The first-order chi connectivity index (χ1) is 21.7. The van der Waals surface area contributed by atoms with Crippen molar-refractivity contribution < 1.29 is 9.59 Å². The van der Waals surface area contributed by atoms with E-state index in [4.69, 9.17) is 5.10 Å². The fraction of sp³-hybridized carbons (Fsp3) is 0.395. The number of para-hydroxylation sites is 1. The lowest BCUT2D eigenvalue weighted by atomic mass is 9.75. The number of piperidine rings is 1. The maximum Gasteiger partial charge on any atom is 0.324 e. The Morgan fingerprint density at radius 2 is 1.56 bits per heavy atom. The Morgan fingerprint density at radius 3 is 2.22 bits per heavy atom. The zero-order valence-electron chi connectivity index (χ0n) is 26.9. The summed E-state index contributed by atoms with van der Waals surface area (Å²) in [6.07, 6.45) is 4.33. The summed E-state index contributed by atoms with van der Waals surface area (Å²) in [6, 6.07) is 26.1. The summed E-state index contributed by atoms with van der Waals surface area (Å²) in [5.41, 5.74) is 7.03. The summed E-state index contributed by atoms with van der Waals surface area (Å²) in [7, 11) is 0. The number of nitrogens with zero attached hydrogens (tertiary/aromatic N) is 2. The molecule has 7 heteroatoms. The number of amides is 2. The van der Waals surface area contributed by atoms with Crippen molar-refractivity contribution in [1.82, 2.24) is 15.1 Å². The zero-order chi connectivity index (χ0) is 31.6. The molecular weight excluding hydrogens is 558 g/mol. The van der Waals surface area contributed by atoms with Crippen LogP contribution >= 0.6 is 0 Å². The van der Waals surface area contributed by atoms with Gasteiger partial charge in [0.25, 0.3) is 0 Å². The van der Waals surface area contributed by atoms with E-state index < -0.39 is 0 Å². The number of hydrogen-bond donors (Lipinski definition) is 3. The van der Waals surface area contributed by atoms with Gasteiger partial charge in [-0.05, 0) is 92.4 Å². The molecule has 1 unspecified atom stereocenters. The van der Waals surface area contributed by atoms with E-state index in [1.54, 1.807) is 4.68 Å². The molecule has 1 atom stereocenters. The highest BCUT2D eigenvalue weighted by Gasteiger charge is 2.35. The fourth-order valence-corrected chi connectivity index (χ4v) is 6.94. The zero-order valence-corrected chi connectivity index (χ0v) is 26.9. The number of ketones is 1. The number of aromatic nitrogens is 2. The summed E-state index contributed by atoms with van der Waals surface area (Å²) in [6.45, 7) is 10.2. The number of Topliss-reactive ketones (excluding diaryl/α,β-unsaturated/α-hetero) is 1. The topological polar surface area (TPSA) is 88.1 Å². The Morgan fingerprint density at radius 1 is 0.911 bits per heavy atom. The predicted molar refractivity (Wildman–Crippen MR) is 181 cm³/mol. The monoisotopic (exact) mass is 603 g/mol. The third kappa shape index (κ3) is 7.04. The van der Waals surface area contributed by atoms with E-state index in [1.165, 1.54) is 11.1 Å². The normalized spacial score (nSPS) is 16.3. The number of anilines is 2. The molecule has 1 aliphatic carbocycles. The molecule has 234 valence electrons. The third-order valence-corrected chi connectivity index (χ3v) is 9.37. The van der Waals surface area contributed by atoms with Crippen molar-refractivity contribution in [3.63, 3.8) is 0 Å². The molecule has 1 aliphatic heterocycles. The number of hydrogen-bond acceptors (Lipinski definition) is 4. The minimum absolute atomic E-state index is 0.196. The quantitative estimate of drug-likeness (QED) is 0.194. The number of carbonyl (C=O) groups excluding carboxylic acids is 2. The summed E-state index contributed by atoms with van der Waals surface area (Å²) in [5.74, 6) is 1.15. The first-order valence-electron chi connectivity index (χ1n) is 16.3. The minimum Gasteiger partial charge on any atom is -0.317 e. The van der Waals surface area contributed by atoms with Gasteiger partial charge < -0.3 is 10.6 Å². The van der Waals surface area contributed by atoms with Crippen LogP contribution in [0.15, 0.2) is 78.9 Å². The number of carbonyl (C=O) groups is 2. The van der Waals surface area contributed by atoms with Crippen molar-refractivity contribution in [1.29, 1.82) is 0 Å². The number of rotatable bonds is 8. The van der Waals surface area contributed by atoms with Crippen LogP contribution in [-0.2, 0) is 23.1 Å². The Hall–Kier alpha value is -4.23. The molecule has 1 fully saturated rings. The highest BCUT2D eigenvalue weighted by Crippen LogP contribution is 2.39. The minimum atomic E-state index is -0.362. The Bertz CT molecular complexity index is 1640. The molecule has 7 nitrogen and oxygen atoms in total. The van der Waals surface area contributed by atoms with Gasteiger partial charge in [-0.15, -0.1) is 0 Å². The van der Waals surface area contributed by atoms with Gasteiger partial charge in [0.15, 0.2) is 0 Å². The van der Waals surface area contributed by atoms with Gasteiger partial charge in [-0.3, -0.25) is 10.1 Å². The van der Waals surface area contributed by atoms with Crippen molar-refractivity contribution in [2.24, 2.45) is 11.8 Å². The molecule has 0 bridgehead atoms. The predicted octanol–water partition coefficient (Wildman–Crippen LogP) is 7.58. The number of urea groups is 1. The highest BCUT2D eigenvalue weighted by atomic mass is 16.2. The van der Waals surface area contributed by atoms with E-state index >= 15 is 0 Å². The summed E-state index contributed by atoms with van der Waals surface area (Å²) in [5, 5.41) is 14.5. The summed E-state index contributed by atoms with van der Waals surface area (Å²) in [4.78, 5) is 27.9. The second-order valence-corrected chi connectivity index (χ2v) is 13.9. The molecule has 3 aromatic carbocycles. The first kappa shape index (κ1) is 30.8. The first-order valence-corrected chi connectivity index (χ1v) is 16.3. The van der Waals surface area contributed by atoms with Crippen LogP contribution < -0.4 is 16.0 Å². The van der Waals surface area contributed by atoms with Crippen LogP contribution in [0.3, 0.4) is 0 Å². The average molecular weight is 604 g/mol. The Labute approximate surface area is 266 Å². The molecule has 1 aromatic heterocycles. The number of nitrogens with one attached hydrogen (secondary N) is 3. The standard InChI is InChI=1S/C38H45N5O2/c1-25-13-15-30(16-14-25)43-35(24-34(42-43)38(2,3)4)41-37(45)40-32-12-8-7-11-31(32)36(27-17-19-39-20-18-27)33(44)23-26-21-28-9-5-6-10-29(28)22-26/h5-16,24,26-27,36,39H,17-23H2,1-4H3,(H2,40,41,45). The summed E-state index contributed by atoms with van der Waals surface area (Å²) < 4.78 is 1.78. The van der Waals surface area contributed by atoms with Crippen LogP contribution in [0.2, 0.25) is 0 Å². The molecule has 1 saturated heterocycles. The molecule has 2 heterocycles. The lowest BCUT2D eigenvalue weighted by Gasteiger charge is -2.32. The maximum atomic E-state index is 14.2. The molecule has 3 N–H and O–H groups in total. The Kier molecular flexibility index (Phi) is 8.90.